The maximum atomic E-state index is 12.1. The number of aromatic nitrogens is 1. The van der Waals surface area contributed by atoms with E-state index in [1.807, 2.05) is 11.8 Å². The molecule has 1 fully saturated rings. The molecular formula is C12H17N3O2S. The Morgan fingerprint density at radius 2 is 1.89 bits per heavy atom. The first-order valence-electron chi connectivity index (χ1n) is 6.00. The van der Waals surface area contributed by atoms with Crippen LogP contribution in [0.3, 0.4) is 0 Å². The second kappa shape index (κ2) is 5.48. The quantitative estimate of drug-likeness (QED) is 0.792. The van der Waals surface area contributed by atoms with Gasteiger partial charge in [0.1, 0.15) is 0 Å². The molecule has 0 spiro atoms. The first-order valence-corrected chi connectivity index (χ1v) is 6.88. The third kappa shape index (κ3) is 2.87. The van der Waals surface area contributed by atoms with Crippen LogP contribution in [0.2, 0.25) is 0 Å². The van der Waals surface area contributed by atoms with Crippen molar-refractivity contribution in [3.8, 4) is 0 Å². The van der Waals surface area contributed by atoms with Crippen LogP contribution in [0.15, 0.2) is 5.51 Å². The Balaban J connectivity index is 1.88. The molecule has 1 saturated heterocycles. The minimum Gasteiger partial charge on any atom is -0.339 e. The van der Waals surface area contributed by atoms with E-state index in [1.54, 1.807) is 17.3 Å². The van der Waals surface area contributed by atoms with E-state index in [0.29, 0.717) is 32.6 Å². The van der Waals surface area contributed by atoms with Crippen LogP contribution in [0, 0.1) is 6.92 Å². The molecule has 0 radical (unpaired) electrons. The van der Waals surface area contributed by atoms with E-state index in [2.05, 4.69) is 4.98 Å². The fourth-order valence-electron chi connectivity index (χ4n) is 2.02. The average molecular weight is 267 g/mol. The van der Waals surface area contributed by atoms with E-state index in [4.69, 9.17) is 0 Å². The molecule has 98 valence electrons. The van der Waals surface area contributed by atoms with Crippen molar-refractivity contribution in [3.63, 3.8) is 0 Å². The predicted octanol–water partition coefficient (Wildman–Crippen LogP) is 0.685. The van der Waals surface area contributed by atoms with Crippen LogP contribution in [-0.2, 0) is 16.0 Å². The molecule has 5 nitrogen and oxygen atoms in total. The number of carbonyl (C=O) groups is 2. The molecule has 1 aromatic rings. The summed E-state index contributed by atoms with van der Waals surface area (Å²) in [7, 11) is 0. The molecule has 2 heterocycles. The average Bonchev–Trinajstić information content (AvgIpc) is 2.75. The Kier molecular flexibility index (Phi) is 3.96. The standard InChI is InChI=1S/C12H17N3O2S/c1-9-11(18-8-13-9)7-12(17)15-5-3-14(4-6-15)10(2)16/h8H,3-7H2,1-2H3. The molecular weight excluding hydrogens is 250 g/mol. The Morgan fingerprint density at radius 1 is 1.28 bits per heavy atom. The monoisotopic (exact) mass is 267 g/mol. The number of thiazole rings is 1. The smallest absolute Gasteiger partial charge is 0.228 e. The summed E-state index contributed by atoms with van der Waals surface area (Å²) in [6.07, 6.45) is 0.427. The van der Waals surface area contributed by atoms with Crippen molar-refractivity contribution in [1.82, 2.24) is 14.8 Å². The number of rotatable bonds is 2. The van der Waals surface area contributed by atoms with Gasteiger partial charge in [-0.05, 0) is 6.92 Å². The number of amides is 2. The van der Waals surface area contributed by atoms with Crippen molar-refractivity contribution in [3.05, 3.63) is 16.1 Å². The Labute approximate surface area is 110 Å². The number of aryl methyl sites for hydroxylation is 1. The normalized spacial score (nSPS) is 15.9. The van der Waals surface area contributed by atoms with Crippen molar-refractivity contribution in [1.29, 1.82) is 0 Å². The van der Waals surface area contributed by atoms with Gasteiger partial charge in [-0.1, -0.05) is 0 Å². The van der Waals surface area contributed by atoms with E-state index in [9.17, 15) is 9.59 Å². The van der Waals surface area contributed by atoms with Crippen LogP contribution in [0.5, 0.6) is 0 Å². The van der Waals surface area contributed by atoms with Gasteiger partial charge in [-0.2, -0.15) is 0 Å². The van der Waals surface area contributed by atoms with Gasteiger partial charge in [0, 0.05) is 38.0 Å². The van der Waals surface area contributed by atoms with Crippen molar-refractivity contribution >= 4 is 23.2 Å². The highest BCUT2D eigenvalue weighted by Crippen LogP contribution is 2.14. The zero-order valence-corrected chi connectivity index (χ0v) is 11.5. The summed E-state index contributed by atoms with van der Waals surface area (Å²) < 4.78 is 0. The molecule has 2 rings (SSSR count). The lowest BCUT2D eigenvalue weighted by Crippen LogP contribution is -2.50. The molecule has 0 aliphatic carbocycles. The van der Waals surface area contributed by atoms with Crippen LogP contribution in [-0.4, -0.2) is 52.8 Å². The third-order valence-corrected chi connectivity index (χ3v) is 4.17. The Bertz CT molecular complexity index is 450. The van der Waals surface area contributed by atoms with Crippen molar-refractivity contribution in [2.24, 2.45) is 0 Å². The van der Waals surface area contributed by atoms with Crippen LogP contribution < -0.4 is 0 Å². The maximum Gasteiger partial charge on any atom is 0.228 e. The molecule has 1 aliphatic heterocycles. The number of hydrogen-bond acceptors (Lipinski definition) is 4. The van der Waals surface area contributed by atoms with E-state index in [1.165, 1.54) is 11.3 Å². The van der Waals surface area contributed by atoms with Crippen LogP contribution in [0.25, 0.3) is 0 Å². The fraction of sp³-hybridized carbons (Fsp3) is 0.583. The van der Waals surface area contributed by atoms with Gasteiger partial charge < -0.3 is 9.80 Å². The van der Waals surface area contributed by atoms with Gasteiger partial charge in [0.25, 0.3) is 0 Å². The molecule has 1 aliphatic rings. The Morgan fingerprint density at radius 3 is 2.39 bits per heavy atom. The van der Waals surface area contributed by atoms with E-state index in [0.717, 1.165) is 10.6 Å². The highest BCUT2D eigenvalue weighted by atomic mass is 32.1. The topological polar surface area (TPSA) is 53.5 Å². The lowest BCUT2D eigenvalue weighted by molar-refractivity contribution is -0.137. The number of nitrogens with zero attached hydrogens (tertiary/aromatic N) is 3. The number of carbonyl (C=O) groups excluding carboxylic acids is 2. The fourth-order valence-corrected chi connectivity index (χ4v) is 2.78. The molecule has 6 heteroatoms. The van der Waals surface area contributed by atoms with E-state index in [-0.39, 0.29) is 11.8 Å². The predicted molar refractivity (Wildman–Crippen MR) is 69.4 cm³/mol. The minimum absolute atomic E-state index is 0.0837. The Hall–Kier alpha value is -1.43. The van der Waals surface area contributed by atoms with Crippen molar-refractivity contribution in [2.45, 2.75) is 20.3 Å². The van der Waals surface area contributed by atoms with Crippen LogP contribution in [0.1, 0.15) is 17.5 Å². The van der Waals surface area contributed by atoms with Gasteiger partial charge in [0.05, 0.1) is 17.6 Å². The molecule has 0 bridgehead atoms. The highest BCUT2D eigenvalue weighted by molar-refractivity contribution is 7.09. The van der Waals surface area contributed by atoms with Gasteiger partial charge in [0.15, 0.2) is 0 Å². The first-order chi connectivity index (χ1) is 8.58. The summed E-state index contributed by atoms with van der Waals surface area (Å²) in [6.45, 7) is 6.04. The largest absolute Gasteiger partial charge is 0.339 e. The molecule has 0 atom stereocenters. The number of piperazine rings is 1. The summed E-state index contributed by atoms with van der Waals surface area (Å²) in [5.41, 5.74) is 2.71. The maximum absolute atomic E-state index is 12.1. The second-order valence-electron chi connectivity index (χ2n) is 4.42. The van der Waals surface area contributed by atoms with Crippen LogP contribution >= 0.6 is 11.3 Å². The summed E-state index contributed by atoms with van der Waals surface area (Å²) in [4.78, 5) is 32.1. The van der Waals surface area contributed by atoms with Crippen molar-refractivity contribution in [2.75, 3.05) is 26.2 Å². The SMILES string of the molecule is CC(=O)N1CCN(C(=O)Cc2scnc2C)CC1. The van der Waals surface area contributed by atoms with Gasteiger partial charge in [-0.3, -0.25) is 9.59 Å². The minimum atomic E-state index is 0.0837. The van der Waals surface area contributed by atoms with Gasteiger partial charge in [0.2, 0.25) is 11.8 Å². The van der Waals surface area contributed by atoms with Crippen molar-refractivity contribution < 1.29 is 9.59 Å². The van der Waals surface area contributed by atoms with Gasteiger partial charge in [-0.25, -0.2) is 4.98 Å². The lowest BCUT2D eigenvalue weighted by atomic mass is 10.2. The van der Waals surface area contributed by atoms with E-state index < -0.39 is 0 Å². The molecule has 2 amide bonds. The van der Waals surface area contributed by atoms with E-state index >= 15 is 0 Å². The molecule has 0 N–H and O–H groups in total. The van der Waals surface area contributed by atoms with Gasteiger partial charge >= 0.3 is 0 Å². The molecule has 0 saturated carbocycles. The summed E-state index contributed by atoms with van der Waals surface area (Å²) in [6, 6.07) is 0. The van der Waals surface area contributed by atoms with Crippen LogP contribution in [0.4, 0.5) is 0 Å². The number of hydrogen-bond donors (Lipinski definition) is 0. The second-order valence-corrected chi connectivity index (χ2v) is 5.36. The first kappa shape index (κ1) is 13.0. The zero-order valence-electron chi connectivity index (χ0n) is 10.7. The summed E-state index contributed by atoms with van der Waals surface area (Å²) in [5.74, 6) is 0.214. The van der Waals surface area contributed by atoms with Gasteiger partial charge in [-0.15, -0.1) is 11.3 Å². The molecule has 18 heavy (non-hydrogen) atoms. The third-order valence-electron chi connectivity index (χ3n) is 3.23. The lowest BCUT2D eigenvalue weighted by Gasteiger charge is -2.34. The summed E-state index contributed by atoms with van der Waals surface area (Å²) in [5, 5.41) is 0. The zero-order chi connectivity index (χ0) is 13.1. The summed E-state index contributed by atoms with van der Waals surface area (Å²) >= 11 is 1.52. The highest BCUT2D eigenvalue weighted by Gasteiger charge is 2.22. The molecule has 1 aromatic heterocycles. The molecule has 0 aromatic carbocycles. The molecule has 0 unspecified atom stereocenters.